The number of nitrogens with zero attached hydrogens (tertiary/aromatic N) is 1. The van der Waals surface area contributed by atoms with E-state index in [9.17, 15) is 9.59 Å². The van der Waals surface area contributed by atoms with Crippen molar-refractivity contribution in [1.29, 1.82) is 0 Å². The van der Waals surface area contributed by atoms with Crippen molar-refractivity contribution < 1.29 is 24.2 Å². The van der Waals surface area contributed by atoms with Crippen molar-refractivity contribution in [3.63, 3.8) is 0 Å². The Bertz CT molecular complexity index is 319. The van der Waals surface area contributed by atoms with Gasteiger partial charge in [0.05, 0.1) is 19.1 Å². The molecule has 2 fully saturated rings. The van der Waals surface area contributed by atoms with Gasteiger partial charge in [0.1, 0.15) is 6.10 Å². The number of likely N-dealkylation sites (tertiary alicyclic amines) is 1. The summed E-state index contributed by atoms with van der Waals surface area (Å²) in [7, 11) is 0. The van der Waals surface area contributed by atoms with Gasteiger partial charge in [-0.1, -0.05) is 0 Å². The molecular weight excluding hydrogens is 250 g/mol. The van der Waals surface area contributed by atoms with Crippen molar-refractivity contribution in [2.45, 2.75) is 44.3 Å². The van der Waals surface area contributed by atoms with Gasteiger partial charge in [0.2, 0.25) is 0 Å². The van der Waals surface area contributed by atoms with Crippen LogP contribution in [0.25, 0.3) is 0 Å². The van der Waals surface area contributed by atoms with Crippen molar-refractivity contribution in [3.05, 3.63) is 0 Å². The van der Waals surface area contributed by atoms with Crippen LogP contribution in [0.2, 0.25) is 0 Å². The zero-order valence-corrected chi connectivity index (χ0v) is 11.0. The molecule has 1 N–H and O–H groups in total. The van der Waals surface area contributed by atoms with Crippen molar-refractivity contribution in [1.82, 2.24) is 4.90 Å². The number of aliphatic carboxylic acids is 1. The summed E-state index contributed by atoms with van der Waals surface area (Å²) in [6.45, 7) is 2.29. The lowest BCUT2D eigenvalue weighted by molar-refractivity contribution is -0.143. The van der Waals surface area contributed by atoms with Crippen LogP contribution < -0.4 is 0 Å². The third-order valence-electron chi connectivity index (χ3n) is 3.63. The summed E-state index contributed by atoms with van der Waals surface area (Å²) in [5.74, 6) is -0.743. The van der Waals surface area contributed by atoms with Gasteiger partial charge in [-0.25, -0.2) is 0 Å². The number of piperidine rings is 1. The molecule has 1 amide bonds. The number of carbonyl (C=O) groups is 2. The van der Waals surface area contributed by atoms with Crippen LogP contribution in [0.3, 0.4) is 0 Å². The molecule has 0 radical (unpaired) electrons. The smallest absolute Gasteiger partial charge is 0.305 e. The van der Waals surface area contributed by atoms with Crippen molar-refractivity contribution in [2.24, 2.45) is 0 Å². The van der Waals surface area contributed by atoms with E-state index in [0.29, 0.717) is 19.7 Å². The van der Waals surface area contributed by atoms with Crippen LogP contribution in [0.4, 0.5) is 0 Å². The number of ether oxygens (including phenoxy) is 2. The number of carbonyl (C=O) groups excluding carboxylic acids is 1. The second kappa shape index (κ2) is 6.86. The van der Waals surface area contributed by atoms with Gasteiger partial charge in [-0.15, -0.1) is 0 Å². The summed E-state index contributed by atoms with van der Waals surface area (Å²) in [5.41, 5.74) is 0. The van der Waals surface area contributed by atoms with Gasteiger partial charge >= 0.3 is 5.97 Å². The van der Waals surface area contributed by atoms with Gasteiger partial charge in [0.25, 0.3) is 5.91 Å². The number of rotatable bonds is 5. The van der Waals surface area contributed by atoms with Crippen LogP contribution in [-0.2, 0) is 19.1 Å². The molecule has 0 aromatic heterocycles. The fourth-order valence-electron chi connectivity index (χ4n) is 2.53. The Morgan fingerprint density at radius 1 is 1.26 bits per heavy atom. The Morgan fingerprint density at radius 2 is 2.00 bits per heavy atom. The van der Waals surface area contributed by atoms with E-state index in [-0.39, 0.29) is 31.1 Å². The second-order valence-corrected chi connectivity index (χ2v) is 5.04. The molecule has 2 saturated heterocycles. The van der Waals surface area contributed by atoms with Crippen molar-refractivity contribution in [3.8, 4) is 0 Å². The largest absolute Gasteiger partial charge is 0.481 e. The first-order chi connectivity index (χ1) is 9.16. The molecule has 1 atom stereocenters. The first-order valence-electron chi connectivity index (χ1n) is 6.90. The molecule has 0 aliphatic carbocycles. The second-order valence-electron chi connectivity index (χ2n) is 5.04. The molecule has 108 valence electrons. The minimum atomic E-state index is -0.842. The number of carboxylic acid groups (broad SMARTS) is 1. The van der Waals surface area contributed by atoms with Gasteiger partial charge in [0, 0.05) is 19.7 Å². The van der Waals surface area contributed by atoms with E-state index in [2.05, 4.69) is 0 Å². The standard InChI is InChI=1S/C13H21NO5/c15-12(16)5-9-18-10-3-6-14(7-4-10)13(17)11-2-1-8-19-11/h10-11H,1-9H2,(H,15,16)/t11-/m0/s1. The molecular formula is C13H21NO5. The van der Waals surface area contributed by atoms with Gasteiger partial charge in [-0.3, -0.25) is 9.59 Å². The normalized spacial score (nSPS) is 24.6. The fraction of sp³-hybridized carbons (Fsp3) is 0.846. The maximum Gasteiger partial charge on any atom is 0.305 e. The summed E-state index contributed by atoms with van der Waals surface area (Å²) in [5, 5.41) is 8.53. The SMILES string of the molecule is O=C(O)CCOC1CCN(C(=O)[C@@H]2CCCO2)CC1. The van der Waals surface area contributed by atoms with Crippen LogP contribution in [-0.4, -0.2) is 60.4 Å². The molecule has 0 aromatic rings. The molecule has 2 heterocycles. The highest BCUT2D eigenvalue weighted by Gasteiger charge is 2.30. The molecule has 19 heavy (non-hydrogen) atoms. The average Bonchev–Trinajstić information content (AvgIpc) is 2.92. The molecule has 2 aliphatic heterocycles. The highest BCUT2D eigenvalue weighted by molar-refractivity contribution is 5.81. The Morgan fingerprint density at radius 3 is 2.58 bits per heavy atom. The number of hydrogen-bond acceptors (Lipinski definition) is 4. The number of amides is 1. The highest BCUT2D eigenvalue weighted by Crippen LogP contribution is 2.19. The molecule has 2 aliphatic rings. The molecule has 6 heteroatoms. The van der Waals surface area contributed by atoms with Gasteiger partial charge in [-0.2, -0.15) is 0 Å². The van der Waals surface area contributed by atoms with Gasteiger partial charge in [0.15, 0.2) is 0 Å². The minimum Gasteiger partial charge on any atom is -0.481 e. The third-order valence-corrected chi connectivity index (χ3v) is 3.63. The van der Waals surface area contributed by atoms with E-state index in [4.69, 9.17) is 14.6 Å². The van der Waals surface area contributed by atoms with Gasteiger partial charge < -0.3 is 19.5 Å². The lowest BCUT2D eigenvalue weighted by atomic mass is 10.1. The third kappa shape index (κ3) is 4.18. The molecule has 0 spiro atoms. The van der Waals surface area contributed by atoms with Crippen molar-refractivity contribution >= 4 is 11.9 Å². The Balaban J connectivity index is 1.67. The monoisotopic (exact) mass is 271 g/mol. The van der Waals surface area contributed by atoms with E-state index in [1.54, 1.807) is 0 Å². The van der Waals surface area contributed by atoms with Crippen LogP contribution in [0, 0.1) is 0 Å². The number of hydrogen-bond donors (Lipinski definition) is 1. The molecule has 0 saturated carbocycles. The maximum atomic E-state index is 12.1. The summed E-state index contributed by atoms with van der Waals surface area (Å²) < 4.78 is 10.9. The minimum absolute atomic E-state index is 0.0368. The molecule has 6 nitrogen and oxygen atoms in total. The lowest BCUT2D eigenvalue weighted by Crippen LogP contribution is -2.45. The summed E-state index contributed by atoms with van der Waals surface area (Å²) in [6.07, 6.45) is 3.21. The maximum absolute atomic E-state index is 12.1. The Hall–Kier alpha value is -1.14. The zero-order valence-electron chi connectivity index (χ0n) is 11.0. The van der Waals surface area contributed by atoms with Crippen LogP contribution in [0.5, 0.6) is 0 Å². The first kappa shape index (κ1) is 14.3. The molecule has 0 aromatic carbocycles. The predicted octanol–water partition coefficient (Wildman–Crippen LogP) is 0.648. The molecule has 2 rings (SSSR count). The lowest BCUT2D eigenvalue weighted by Gasteiger charge is -2.33. The molecule has 0 bridgehead atoms. The van der Waals surface area contributed by atoms with E-state index in [1.807, 2.05) is 4.90 Å². The topological polar surface area (TPSA) is 76.1 Å². The average molecular weight is 271 g/mol. The Kier molecular flexibility index (Phi) is 5.15. The van der Waals surface area contributed by atoms with E-state index in [1.165, 1.54) is 0 Å². The van der Waals surface area contributed by atoms with E-state index in [0.717, 1.165) is 25.7 Å². The van der Waals surface area contributed by atoms with Crippen LogP contribution in [0.1, 0.15) is 32.1 Å². The predicted molar refractivity (Wildman–Crippen MR) is 66.8 cm³/mol. The molecule has 0 unspecified atom stereocenters. The van der Waals surface area contributed by atoms with Crippen LogP contribution >= 0.6 is 0 Å². The van der Waals surface area contributed by atoms with E-state index >= 15 is 0 Å². The van der Waals surface area contributed by atoms with Crippen molar-refractivity contribution in [2.75, 3.05) is 26.3 Å². The number of carboxylic acids is 1. The zero-order chi connectivity index (χ0) is 13.7. The Labute approximate surface area is 112 Å². The quantitative estimate of drug-likeness (QED) is 0.794. The van der Waals surface area contributed by atoms with Crippen LogP contribution in [0.15, 0.2) is 0 Å². The van der Waals surface area contributed by atoms with Gasteiger partial charge in [-0.05, 0) is 25.7 Å². The summed E-state index contributed by atoms with van der Waals surface area (Å²) in [6, 6.07) is 0. The highest BCUT2D eigenvalue weighted by atomic mass is 16.5. The summed E-state index contributed by atoms with van der Waals surface area (Å²) in [4.78, 5) is 24.3. The summed E-state index contributed by atoms with van der Waals surface area (Å²) >= 11 is 0. The fourth-order valence-corrected chi connectivity index (χ4v) is 2.53. The first-order valence-corrected chi connectivity index (χ1v) is 6.90. The van der Waals surface area contributed by atoms with E-state index < -0.39 is 5.97 Å².